The Morgan fingerprint density at radius 1 is 0.964 bits per heavy atom. The van der Waals surface area contributed by atoms with Crippen molar-refractivity contribution in [2.24, 2.45) is 0 Å². The molecule has 3 aromatic rings. The van der Waals surface area contributed by atoms with E-state index in [2.05, 4.69) is 10.4 Å². The predicted molar refractivity (Wildman–Crippen MR) is 108 cm³/mol. The zero-order valence-electron chi connectivity index (χ0n) is 14.8. The fourth-order valence-electron chi connectivity index (χ4n) is 2.53. The number of rotatable bonds is 7. The van der Waals surface area contributed by atoms with Crippen LogP contribution in [-0.4, -0.2) is 28.3 Å². The molecule has 1 heterocycles. The highest BCUT2D eigenvalue weighted by Crippen LogP contribution is 2.18. The van der Waals surface area contributed by atoms with E-state index in [0.717, 1.165) is 5.56 Å². The Bertz CT molecular complexity index is 988. The first-order valence-corrected chi connectivity index (χ1v) is 9.22. The molecule has 1 amide bonds. The van der Waals surface area contributed by atoms with Crippen LogP contribution in [-0.2, 0) is 27.3 Å². The monoisotopic (exact) mass is 417 g/mol. The van der Waals surface area contributed by atoms with Gasteiger partial charge < -0.3 is 10.1 Å². The summed E-state index contributed by atoms with van der Waals surface area (Å²) >= 11 is 12.2. The van der Waals surface area contributed by atoms with Crippen molar-refractivity contribution in [2.75, 3.05) is 11.9 Å². The normalized spacial score (nSPS) is 10.5. The SMILES string of the molecule is O=C(COC(=O)Cc1ccccc1Cl)Nc1ccnn1Cc1ccccc1Cl. The molecule has 0 aliphatic rings. The van der Waals surface area contributed by atoms with Gasteiger partial charge in [-0.2, -0.15) is 5.10 Å². The van der Waals surface area contributed by atoms with E-state index in [1.54, 1.807) is 47.3 Å². The van der Waals surface area contributed by atoms with Gasteiger partial charge in [0.05, 0.1) is 19.2 Å². The number of amides is 1. The molecule has 0 radical (unpaired) electrons. The maximum absolute atomic E-state index is 12.1. The first-order chi connectivity index (χ1) is 13.5. The van der Waals surface area contributed by atoms with Gasteiger partial charge >= 0.3 is 5.97 Å². The molecular weight excluding hydrogens is 401 g/mol. The van der Waals surface area contributed by atoms with E-state index in [-0.39, 0.29) is 6.42 Å². The van der Waals surface area contributed by atoms with E-state index in [1.165, 1.54) is 0 Å². The Morgan fingerprint density at radius 2 is 1.61 bits per heavy atom. The lowest BCUT2D eigenvalue weighted by atomic mass is 10.1. The Labute approximate surface area is 172 Å². The number of nitrogens with one attached hydrogen (secondary N) is 1. The van der Waals surface area contributed by atoms with Gasteiger partial charge in [0.2, 0.25) is 0 Å². The van der Waals surface area contributed by atoms with E-state index >= 15 is 0 Å². The van der Waals surface area contributed by atoms with Crippen molar-refractivity contribution in [3.8, 4) is 0 Å². The van der Waals surface area contributed by atoms with Gasteiger partial charge in [0.25, 0.3) is 5.91 Å². The minimum Gasteiger partial charge on any atom is -0.455 e. The van der Waals surface area contributed by atoms with Crippen LogP contribution in [0.3, 0.4) is 0 Å². The van der Waals surface area contributed by atoms with Crippen molar-refractivity contribution < 1.29 is 14.3 Å². The summed E-state index contributed by atoms with van der Waals surface area (Å²) in [6.07, 6.45) is 1.56. The lowest BCUT2D eigenvalue weighted by molar-refractivity contribution is -0.146. The van der Waals surface area contributed by atoms with Crippen LogP contribution in [0.2, 0.25) is 10.0 Å². The number of benzene rings is 2. The number of ether oxygens (including phenoxy) is 1. The van der Waals surface area contributed by atoms with Crippen LogP contribution in [0.25, 0.3) is 0 Å². The fraction of sp³-hybridized carbons (Fsp3) is 0.150. The van der Waals surface area contributed by atoms with E-state index in [0.29, 0.717) is 28.0 Å². The summed E-state index contributed by atoms with van der Waals surface area (Å²) in [6, 6.07) is 16.0. The maximum atomic E-state index is 12.1. The number of anilines is 1. The first kappa shape index (κ1) is 19.9. The van der Waals surface area contributed by atoms with Gasteiger partial charge in [0.15, 0.2) is 6.61 Å². The fourth-order valence-corrected chi connectivity index (χ4v) is 2.92. The smallest absolute Gasteiger partial charge is 0.310 e. The lowest BCUT2D eigenvalue weighted by Gasteiger charge is -2.10. The molecule has 0 aliphatic carbocycles. The second kappa shape index (κ2) is 9.39. The van der Waals surface area contributed by atoms with Crippen molar-refractivity contribution in [1.82, 2.24) is 9.78 Å². The molecule has 0 fully saturated rings. The third-order valence-corrected chi connectivity index (χ3v) is 4.66. The molecule has 8 heteroatoms. The number of esters is 1. The molecule has 0 atom stereocenters. The summed E-state index contributed by atoms with van der Waals surface area (Å²) in [5, 5.41) is 7.96. The number of carbonyl (C=O) groups is 2. The Kier molecular flexibility index (Phi) is 6.68. The molecule has 28 heavy (non-hydrogen) atoms. The standard InChI is InChI=1S/C20H17Cl2N3O3/c21-16-7-3-1-5-14(16)11-20(27)28-13-19(26)24-18-9-10-23-25(18)12-15-6-2-4-8-17(15)22/h1-10H,11-13H2,(H,24,26). The number of aromatic nitrogens is 2. The topological polar surface area (TPSA) is 73.2 Å². The lowest BCUT2D eigenvalue weighted by Crippen LogP contribution is -2.23. The van der Waals surface area contributed by atoms with Crippen molar-refractivity contribution >= 4 is 40.9 Å². The van der Waals surface area contributed by atoms with Gasteiger partial charge in [-0.05, 0) is 23.3 Å². The van der Waals surface area contributed by atoms with Gasteiger partial charge in [-0.1, -0.05) is 59.6 Å². The van der Waals surface area contributed by atoms with Gasteiger partial charge in [-0.3, -0.25) is 9.59 Å². The summed E-state index contributed by atoms with van der Waals surface area (Å²) in [4.78, 5) is 24.0. The third-order valence-electron chi connectivity index (χ3n) is 3.92. The molecule has 0 saturated carbocycles. The molecule has 0 unspecified atom stereocenters. The van der Waals surface area contributed by atoms with Crippen LogP contribution < -0.4 is 5.32 Å². The van der Waals surface area contributed by atoms with Crippen molar-refractivity contribution in [1.29, 1.82) is 0 Å². The molecule has 0 spiro atoms. The number of nitrogens with zero attached hydrogens (tertiary/aromatic N) is 2. The number of hydrogen-bond acceptors (Lipinski definition) is 4. The molecule has 3 rings (SSSR count). The quantitative estimate of drug-likeness (QED) is 0.590. The minimum atomic E-state index is -0.534. The number of halogens is 2. The highest BCUT2D eigenvalue weighted by atomic mass is 35.5. The predicted octanol–water partition coefficient (Wildman–Crippen LogP) is 3.96. The molecular formula is C20H17Cl2N3O3. The van der Waals surface area contributed by atoms with Crippen LogP contribution in [0.4, 0.5) is 5.82 Å². The van der Waals surface area contributed by atoms with Gasteiger partial charge in [0.1, 0.15) is 5.82 Å². The average Bonchev–Trinajstić information content (AvgIpc) is 3.10. The van der Waals surface area contributed by atoms with Crippen LogP contribution in [0.1, 0.15) is 11.1 Å². The van der Waals surface area contributed by atoms with Crippen molar-refractivity contribution in [3.05, 3.63) is 82.0 Å². The van der Waals surface area contributed by atoms with Crippen LogP contribution in [0, 0.1) is 0 Å². The zero-order chi connectivity index (χ0) is 19.9. The molecule has 1 aromatic heterocycles. The summed E-state index contributed by atoms with van der Waals surface area (Å²) in [6.45, 7) is -0.00482. The Morgan fingerprint density at radius 3 is 2.29 bits per heavy atom. The summed E-state index contributed by atoms with van der Waals surface area (Å²) in [7, 11) is 0. The molecule has 2 aromatic carbocycles. The molecule has 144 valence electrons. The highest BCUT2D eigenvalue weighted by Gasteiger charge is 2.13. The second-order valence-electron chi connectivity index (χ2n) is 5.94. The van der Waals surface area contributed by atoms with E-state index in [9.17, 15) is 9.59 Å². The molecule has 1 N–H and O–H groups in total. The van der Waals surface area contributed by atoms with Gasteiger partial charge in [0, 0.05) is 16.1 Å². The number of carbonyl (C=O) groups excluding carboxylic acids is 2. The Balaban J connectivity index is 1.53. The van der Waals surface area contributed by atoms with E-state index in [4.69, 9.17) is 27.9 Å². The molecule has 0 saturated heterocycles. The summed E-state index contributed by atoms with van der Waals surface area (Å²) in [5.74, 6) is -0.520. The zero-order valence-corrected chi connectivity index (χ0v) is 16.3. The number of hydrogen-bond donors (Lipinski definition) is 1. The molecule has 0 bridgehead atoms. The first-order valence-electron chi connectivity index (χ1n) is 8.47. The average molecular weight is 418 g/mol. The van der Waals surface area contributed by atoms with Crippen LogP contribution in [0.15, 0.2) is 60.8 Å². The molecule has 0 aliphatic heterocycles. The van der Waals surface area contributed by atoms with E-state index in [1.807, 2.05) is 18.2 Å². The van der Waals surface area contributed by atoms with Crippen LogP contribution in [0.5, 0.6) is 0 Å². The second-order valence-corrected chi connectivity index (χ2v) is 6.76. The van der Waals surface area contributed by atoms with Crippen molar-refractivity contribution in [3.63, 3.8) is 0 Å². The molecule has 6 nitrogen and oxygen atoms in total. The highest BCUT2D eigenvalue weighted by molar-refractivity contribution is 6.31. The van der Waals surface area contributed by atoms with Crippen molar-refractivity contribution in [2.45, 2.75) is 13.0 Å². The maximum Gasteiger partial charge on any atom is 0.310 e. The van der Waals surface area contributed by atoms with Gasteiger partial charge in [-0.15, -0.1) is 0 Å². The van der Waals surface area contributed by atoms with E-state index < -0.39 is 18.5 Å². The largest absolute Gasteiger partial charge is 0.455 e. The van der Waals surface area contributed by atoms with Crippen LogP contribution >= 0.6 is 23.2 Å². The summed E-state index contributed by atoms with van der Waals surface area (Å²) < 4.78 is 6.63. The summed E-state index contributed by atoms with van der Waals surface area (Å²) in [5.41, 5.74) is 1.52. The Hall–Kier alpha value is -2.83. The van der Waals surface area contributed by atoms with Gasteiger partial charge in [-0.25, -0.2) is 4.68 Å². The third kappa shape index (κ3) is 5.34. The minimum absolute atomic E-state index is 0.00259.